The number of amides is 2. The lowest BCUT2D eigenvalue weighted by Gasteiger charge is -2.37. The fourth-order valence-corrected chi connectivity index (χ4v) is 6.19. The summed E-state index contributed by atoms with van der Waals surface area (Å²) in [5.74, 6) is 0.150. The molecular weight excluding hydrogens is 475 g/mol. The standard InChI is InChI=1S/C32H31FN4O/c1-32-20-23-21-34-37(28-16-14-26(33)15-17-28)30(23)19-25(32)13-12-24(32)18-29(22-8-4-2-5-9-22)36-31(38)35-27-10-6-3-7-11-27/h2-11,14-17,19,21,24,29H,12-13,18,20H2,1H3,(H2,35,36,38). The van der Waals surface area contributed by atoms with Gasteiger partial charge in [0.15, 0.2) is 0 Å². The van der Waals surface area contributed by atoms with E-state index in [4.69, 9.17) is 0 Å². The molecule has 0 aliphatic heterocycles. The van der Waals surface area contributed by atoms with Gasteiger partial charge >= 0.3 is 6.03 Å². The zero-order chi connectivity index (χ0) is 26.1. The van der Waals surface area contributed by atoms with Gasteiger partial charge in [-0.25, -0.2) is 13.9 Å². The lowest BCUT2D eigenvalue weighted by Crippen LogP contribution is -2.36. The number of benzene rings is 3. The van der Waals surface area contributed by atoms with Crippen molar-refractivity contribution in [1.29, 1.82) is 0 Å². The molecule has 6 rings (SSSR count). The van der Waals surface area contributed by atoms with E-state index >= 15 is 0 Å². The smallest absolute Gasteiger partial charge is 0.319 e. The highest BCUT2D eigenvalue weighted by atomic mass is 19.1. The number of carbonyl (C=O) groups excluding carboxylic acids is 1. The number of urea groups is 1. The van der Waals surface area contributed by atoms with Crippen molar-refractivity contribution in [1.82, 2.24) is 15.1 Å². The summed E-state index contributed by atoms with van der Waals surface area (Å²) in [6.45, 7) is 2.36. The molecule has 1 fully saturated rings. The van der Waals surface area contributed by atoms with Crippen molar-refractivity contribution in [2.24, 2.45) is 11.3 Å². The molecule has 0 saturated heterocycles. The summed E-state index contributed by atoms with van der Waals surface area (Å²) in [7, 11) is 0. The summed E-state index contributed by atoms with van der Waals surface area (Å²) < 4.78 is 15.4. The number of hydrogen-bond acceptors (Lipinski definition) is 2. The van der Waals surface area contributed by atoms with Crippen LogP contribution in [0.2, 0.25) is 0 Å². The van der Waals surface area contributed by atoms with Gasteiger partial charge in [-0.2, -0.15) is 5.10 Å². The first-order valence-electron chi connectivity index (χ1n) is 13.2. The molecule has 2 amide bonds. The van der Waals surface area contributed by atoms with Gasteiger partial charge in [0.05, 0.1) is 23.6 Å². The number of rotatable bonds is 6. The van der Waals surface area contributed by atoms with Crippen LogP contribution >= 0.6 is 0 Å². The first-order chi connectivity index (χ1) is 18.5. The van der Waals surface area contributed by atoms with Gasteiger partial charge in [0.25, 0.3) is 0 Å². The molecule has 2 aliphatic rings. The van der Waals surface area contributed by atoms with Gasteiger partial charge in [-0.15, -0.1) is 0 Å². The topological polar surface area (TPSA) is 59.0 Å². The normalized spacial score (nSPS) is 20.7. The lowest BCUT2D eigenvalue weighted by atomic mass is 9.68. The van der Waals surface area contributed by atoms with Crippen LogP contribution in [0.4, 0.5) is 14.9 Å². The average molecular weight is 507 g/mol. The van der Waals surface area contributed by atoms with Gasteiger partial charge in [-0.1, -0.05) is 61.0 Å². The Hall–Kier alpha value is -4.19. The fraction of sp³-hybridized carbons (Fsp3) is 0.250. The number of carbonyl (C=O) groups is 1. The summed E-state index contributed by atoms with van der Waals surface area (Å²) in [6.07, 6.45) is 8.09. The summed E-state index contributed by atoms with van der Waals surface area (Å²) >= 11 is 0. The Morgan fingerprint density at radius 1 is 1.05 bits per heavy atom. The van der Waals surface area contributed by atoms with Crippen LogP contribution in [0.3, 0.4) is 0 Å². The molecule has 3 aromatic carbocycles. The van der Waals surface area contributed by atoms with Crippen LogP contribution in [0.15, 0.2) is 96.7 Å². The maximum atomic E-state index is 13.5. The van der Waals surface area contributed by atoms with Crippen LogP contribution in [0, 0.1) is 17.2 Å². The first kappa shape index (κ1) is 24.2. The van der Waals surface area contributed by atoms with Crippen molar-refractivity contribution in [3.05, 3.63) is 119 Å². The van der Waals surface area contributed by atoms with E-state index < -0.39 is 0 Å². The van der Waals surface area contributed by atoms with Gasteiger partial charge in [0.2, 0.25) is 0 Å². The third-order valence-electron chi connectivity index (χ3n) is 8.28. The minimum atomic E-state index is -0.252. The van der Waals surface area contributed by atoms with Gasteiger partial charge < -0.3 is 10.6 Å². The van der Waals surface area contributed by atoms with Gasteiger partial charge in [0.1, 0.15) is 5.82 Å². The van der Waals surface area contributed by atoms with E-state index in [2.05, 4.69) is 40.9 Å². The largest absolute Gasteiger partial charge is 0.331 e. The SMILES string of the molecule is CC12Cc3cnn(-c4ccc(F)cc4)c3C=C1CCC2CC(NC(=O)Nc1ccccc1)c1ccccc1. The molecule has 1 saturated carbocycles. The van der Waals surface area contributed by atoms with Crippen LogP contribution in [-0.4, -0.2) is 15.8 Å². The minimum absolute atomic E-state index is 0.00568. The number of para-hydroxylation sites is 1. The Labute approximate surface area is 222 Å². The van der Waals surface area contributed by atoms with Crippen molar-refractivity contribution >= 4 is 17.8 Å². The van der Waals surface area contributed by atoms with E-state index in [-0.39, 0.29) is 23.3 Å². The van der Waals surface area contributed by atoms with E-state index in [1.807, 2.05) is 59.4 Å². The van der Waals surface area contributed by atoms with E-state index in [1.54, 1.807) is 12.1 Å². The van der Waals surface area contributed by atoms with E-state index in [1.165, 1.54) is 23.3 Å². The molecule has 1 heterocycles. The molecule has 6 heteroatoms. The minimum Gasteiger partial charge on any atom is -0.331 e. The quantitative estimate of drug-likeness (QED) is 0.288. The second kappa shape index (κ2) is 9.93. The molecule has 2 N–H and O–H groups in total. The van der Waals surface area contributed by atoms with Crippen molar-refractivity contribution < 1.29 is 9.18 Å². The molecule has 192 valence electrons. The number of aromatic nitrogens is 2. The average Bonchev–Trinajstić information content (AvgIpc) is 3.48. The Balaban J connectivity index is 1.24. The second-order valence-corrected chi connectivity index (χ2v) is 10.6. The van der Waals surface area contributed by atoms with Crippen LogP contribution in [-0.2, 0) is 6.42 Å². The summed E-state index contributed by atoms with van der Waals surface area (Å²) in [5.41, 5.74) is 6.46. The maximum Gasteiger partial charge on any atom is 0.319 e. The highest BCUT2D eigenvalue weighted by molar-refractivity contribution is 5.89. The van der Waals surface area contributed by atoms with Crippen molar-refractivity contribution in [3.63, 3.8) is 0 Å². The van der Waals surface area contributed by atoms with Gasteiger partial charge in [-0.3, -0.25) is 0 Å². The maximum absolute atomic E-state index is 13.5. The monoisotopic (exact) mass is 506 g/mol. The fourth-order valence-electron chi connectivity index (χ4n) is 6.19. The number of hydrogen-bond donors (Lipinski definition) is 2. The summed E-state index contributed by atoms with van der Waals surface area (Å²) in [4.78, 5) is 13.0. The van der Waals surface area contributed by atoms with Crippen LogP contribution in [0.5, 0.6) is 0 Å². The predicted octanol–water partition coefficient (Wildman–Crippen LogP) is 7.32. The van der Waals surface area contributed by atoms with Gasteiger partial charge in [0, 0.05) is 5.69 Å². The zero-order valence-corrected chi connectivity index (χ0v) is 21.4. The number of nitrogens with zero attached hydrogens (tertiary/aromatic N) is 2. The Kier molecular flexibility index (Phi) is 6.32. The first-order valence-corrected chi connectivity index (χ1v) is 13.2. The Morgan fingerprint density at radius 2 is 1.76 bits per heavy atom. The van der Waals surface area contributed by atoms with Crippen LogP contribution in [0.1, 0.15) is 49.0 Å². The number of fused-ring (bicyclic) bond motifs is 2. The van der Waals surface area contributed by atoms with Crippen LogP contribution < -0.4 is 10.6 Å². The predicted molar refractivity (Wildman–Crippen MR) is 148 cm³/mol. The Bertz CT molecular complexity index is 1460. The molecule has 38 heavy (non-hydrogen) atoms. The van der Waals surface area contributed by atoms with Crippen molar-refractivity contribution in [2.75, 3.05) is 5.32 Å². The van der Waals surface area contributed by atoms with Crippen molar-refractivity contribution in [2.45, 2.75) is 38.6 Å². The lowest BCUT2D eigenvalue weighted by molar-refractivity contribution is 0.222. The van der Waals surface area contributed by atoms with Gasteiger partial charge in [-0.05, 0) is 90.6 Å². The molecule has 3 atom stereocenters. The second-order valence-electron chi connectivity index (χ2n) is 10.6. The molecule has 4 aromatic rings. The molecule has 3 unspecified atom stereocenters. The third kappa shape index (κ3) is 4.62. The Morgan fingerprint density at radius 3 is 2.50 bits per heavy atom. The highest BCUT2D eigenvalue weighted by Gasteiger charge is 2.46. The summed E-state index contributed by atoms with van der Waals surface area (Å²) in [5, 5.41) is 10.9. The molecule has 0 radical (unpaired) electrons. The molecule has 5 nitrogen and oxygen atoms in total. The molecule has 1 aromatic heterocycles. The number of anilines is 1. The zero-order valence-electron chi connectivity index (χ0n) is 21.4. The van der Waals surface area contributed by atoms with E-state index in [9.17, 15) is 9.18 Å². The highest BCUT2D eigenvalue weighted by Crippen LogP contribution is 2.55. The third-order valence-corrected chi connectivity index (χ3v) is 8.28. The molecule has 2 aliphatic carbocycles. The number of allylic oxidation sites excluding steroid dienone is 1. The number of halogens is 1. The van der Waals surface area contributed by atoms with Crippen molar-refractivity contribution in [3.8, 4) is 5.69 Å². The van der Waals surface area contributed by atoms with E-state index in [0.717, 1.165) is 48.3 Å². The molecule has 0 spiro atoms. The molecular formula is C32H31FN4O. The van der Waals surface area contributed by atoms with Crippen LogP contribution in [0.25, 0.3) is 11.8 Å². The summed E-state index contributed by atoms with van der Waals surface area (Å²) in [6, 6.07) is 25.9. The van der Waals surface area contributed by atoms with E-state index in [0.29, 0.717) is 5.92 Å². The number of nitrogens with one attached hydrogen (secondary N) is 2. The molecule has 0 bridgehead atoms.